The summed E-state index contributed by atoms with van der Waals surface area (Å²) in [6.07, 6.45) is -13.0. The van der Waals surface area contributed by atoms with Crippen molar-refractivity contribution < 1.29 is 63.5 Å². The van der Waals surface area contributed by atoms with E-state index in [0.29, 0.717) is 7.14 Å². The number of esters is 3. The van der Waals surface area contributed by atoms with Crippen molar-refractivity contribution in [3.63, 3.8) is 0 Å². The molecule has 7 atom stereocenters. The molecule has 0 spiro atoms. The fourth-order valence-electron chi connectivity index (χ4n) is 5.02. The SMILES string of the molecule is O=C(OC1C2CC3C1OC(=O)C3C2C(=O)OC(C(F)(F)F)C(F)(F)S(=O)(=O)O)c1cc(I)cc(I)c1I. The van der Waals surface area contributed by atoms with Gasteiger partial charge in [-0.15, -0.1) is 0 Å². The molecule has 1 aromatic rings. The second kappa shape index (κ2) is 9.78. The van der Waals surface area contributed by atoms with E-state index < -0.39 is 81.4 Å². The Morgan fingerprint density at radius 1 is 1.11 bits per heavy atom. The summed E-state index contributed by atoms with van der Waals surface area (Å²) < 4.78 is 115. The van der Waals surface area contributed by atoms with Gasteiger partial charge in [-0.25, -0.2) is 4.79 Å². The van der Waals surface area contributed by atoms with Gasteiger partial charge in [0.25, 0.3) is 6.10 Å². The van der Waals surface area contributed by atoms with Crippen molar-refractivity contribution in [1.29, 1.82) is 0 Å². The molecular formula is C19H12F5I3O9S. The number of hydrogen-bond acceptors (Lipinski definition) is 8. The van der Waals surface area contributed by atoms with Crippen LogP contribution < -0.4 is 0 Å². The molecule has 0 aromatic heterocycles. The van der Waals surface area contributed by atoms with Gasteiger partial charge in [0.2, 0.25) is 0 Å². The molecule has 37 heavy (non-hydrogen) atoms. The predicted molar refractivity (Wildman–Crippen MR) is 135 cm³/mol. The summed E-state index contributed by atoms with van der Waals surface area (Å²) in [4.78, 5) is 38.1. The maximum atomic E-state index is 13.9. The van der Waals surface area contributed by atoms with Crippen LogP contribution in [-0.4, -0.2) is 60.6 Å². The Morgan fingerprint density at radius 3 is 2.30 bits per heavy atom. The number of alkyl halides is 5. The Kier molecular flexibility index (Phi) is 7.76. The number of rotatable bonds is 6. The van der Waals surface area contributed by atoms with Gasteiger partial charge in [0.1, 0.15) is 12.2 Å². The Bertz CT molecular complexity index is 1290. The van der Waals surface area contributed by atoms with Crippen molar-refractivity contribution in [2.45, 2.75) is 36.2 Å². The van der Waals surface area contributed by atoms with Gasteiger partial charge in [0, 0.05) is 22.5 Å². The number of hydrogen-bond donors (Lipinski definition) is 1. The minimum atomic E-state index is -6.65. The van der Waals surface area contributed by atoms with E-state index in [1.165, 1.54) is 6.07 Å². The molecule has 1 saturated heterocycles. The third kappa shape index (κ3) is 5.05. The van der Waals surface area contributed by atoms with E-state index in [0.717, 1.165) is 3.57 Å². The Hall–Kier alpha value is -0.620. The first-order valence-electron chi connectivity index (χ1n) is 10.0. The van der Waals surface area contributed by atoms with Gasteiger partial charge in [-0.05, 0) is 86.3 Å². The highest BCUT2D eigenvalue weighted by Crippen LogP contribution is 2.59. The molecule has 2 aliphatic carbocycles. The molecular weight excluding hydrogens is 880 g/mol. The number of carbonyl (C=O) groups is 3. The first-order chi connectivity index (χ1) is 16.9. The molecule has 1 N–H and O–H groups in total. The summed E-state index contributed by atoms with van der Waals surface area (Å²) >= 11 is 5.86. The summed E-state index contributed by atoms with van der Waals surface area (Å²) in [5, 5.41) is -5.93. The highest BCUT2D eigenvalue weighted by Gasteiger charge is 2.72. The molecule has 18 heteroatoms. The van der Waals surface area contributed by atoms with Crippen LogP contribution in [0.15, 0.2) is 12.1 Å². The monoisotopic (exact) mass is 892 g/mol. The van der Waals surface area contributed by atoms with Crippen LogP contribution in [0.1, 0.15) is 16.8 Å². The molecule has 1 heterocycles. The maximum Gasteiger partial charge on any atom is 0.432 e. The average Bonchev–Trinajstić information content (AvgIpc) is 3.36. The highest BCUT2D eigenvalue weighted by molar-refractivity contribution is 14.1. The van der Waals surface area contributed by atoms with Crippen LogP contribution in [0.4, 0.5) is 22.0 Å². The van der Waals surface area contributed by atoms with Crippen LogP contribution in [0.5, 0.6) is 0 Å². The first-order valence-corrected chi connectivity index (χ1v) is 14.7. The second-order valence-corrected chi connectivity index (χ2v) is 13.5. The third-order valence-electron chi connectivity index (χ3n) is 6.45. The van der Waals surface area contributed by atoms with Crippen LogP contribution in [0.3, 0.4) is 0 Å². The highest BCUT2D eigenvalue weighted by atomic mass is 127. The molecule has 3 aliphatic rings. The number of benzene rings is 1. The van der Waals surface area contributed by atoms with Gasteiger partial charge in [-0.2, -0.15) is 30.4 Å². The van der Waals surface area contributed by atoms with Crippen molar-refractivity contribution in [3.8, 4) is 0 Å². The van der Waals surface area contributed by atoms with Gasteiger partial charge < -0.3 is 14.2 Å². The molecule has 3 fully saturated rings. The van der Waals surface area contributed by atoms with E-state index in [1.807, 2.05) is 67.8 Å². The van der Waals surface area contributed by atoms with Gasteiger partial charge in [0.05, 0.1) is 17.4 Å². The van der Waals surface area contributed by atoms with Crippen LogP contribution in [0.2, 0.25) is 0 Å². The largest absolute Gasteiger partial charge is 0.458 e. The number of fused-ring (bicyclic) bond motifs is 1. The minimum Gasteiger partial charge on any atom is -0.458 e. The zero-order valence-electron chi connectivity index (χ0n) is 17.5. The maximum absolute atomic E-state index is 13.9. The number of carbonyl (C=O) groups excluding carboxylic acids is 3. The molecule has 0 amide bonds. The zero-order chi connectivity index (χ0) is 27.8. The molecule has 2 bridgehead atoms. The molecule has 204 valence electrons. The summed E-state index contributed by atoms with van der Waals surface area (Å²) in [6, 6.07) is 3.30. The molecule has 0 radical (unpaired) electrons. The van der Waals surface area contributed by atoms with E-state index in [-0.39, 0.29) is 12.0 Å². The van der Waals surface area contributed by atoms with E-state index in [4.69, 9.17) is 14.0 Å². The smallest absolute Gasteiger partial charge is 0.432 e. The Morgan fingerprint density at radius 2 is 1.73 bits per heavy atom. The van der Waals surface area contributed by atoms with Crippen molar-refractivity contribution in [2.75, 3.05) is 0 Å². The van der Waals surface area contributed by atoms with E-state index in [2.05, 4.69) is 4.74 Å². The summed E-state index contributed by atoms with van der Waals surface area (Å²) in [6.45, 7) is 0. The zero-order valence-corrected chi connectivity index (χ0v) is 24.8. The van der Waals surface area contributed by atoms with Gasteiger partial charge in [0.15, 0.2) is 0 Å². The topological polar surface area (TPSA) is 133 Å². The van der Waals surface area contributed by atoms with Crippen LogP contribution in [0.25, 0.3) is 0 Å². The van der Waals surface area contributed by atoms with Gasteiger partial charge in [-0.1, -0.05) is 0 Å². The lowest BCUT2D eigenvalue weighted by Gasteiger charge is -2.32. The van der Waals surface area contributed by atoms with Crippen LogP contribution >= 0.6 is 67.8 Å². The standard InChI is InChI=1S/C19H12F5I3O9S/c20-18(21,22)17(19(23,24)37(31,32)33)36-16(30)10-6-3-5-9(10)15(29)35-13(5)12(6)34-14(28)7-1-4(25)2-8(26)11(7)27/h1-2,5-6,9-10,12-13,17H,3H2,(H,31,32,33). The normalized spacial score (nSPS) is 29.7. The molecule has 4 rings (SSSR count). The minimum absolute atomic E-state index is 0.0227. The third-order valence-corrected chi connectivity index (χ3v) is 11.0. The lowest BCUT2D eigenvalue weighted by atomic mass is 9.78. The van der Waals surface area contributed by atoms with Crippen molar-refractivity contribution in [1.82, 2.24) is 0 Å². The van der Waals surface area contributed by atoms with Gasteiger partial charge >= 0.3 is 39.5 Å². The molecule has 2 saturated carbocycles. The fourth-order valence-corrected chi connectivity index (χ4v) is 7.84. The Labute approximate surface area is 245 Å². The number of halogens is 8. The molecule has 9 nitrogen and oxygen atoms in total. The Balaban J connectivity index is 1.63. The summed E-state index contributed by atoms with van der Waals surface area (Å²) in [5.74, 6) is -8.88. The van der Waals surface area contributed by atoms with E-state index in [1.54, 1.807) is 6.07 Å². The van der Waals surface area contributed by atoms with Gasteiger partial charge in [-0.3, -0.25) is 14.1 Å². The quantitative estimate of drug-likeness (QED) is 0.113. The second-order valence-electron chi connectivity index (χ2n) is 8.53. The average molecular weight is 892 g/mol. The first kappa shape index (κ1) is 29.4. The van der Waals surface area contributed by atoms with Crippen molar-refractivity contribution >= 4 is 95.8 Å². The molecule has 1 aromatic carbocycles. The van der Waals surface area contributed by atoms with Crippen LogP contribution in [-0.2, 0) is 33.9 Å². The van der Waals surface area contributed by atoms with Crippen molar-refractivity contribution in [2.24, 2.45) is 23.7 Å². The molecule has 7 unspecified atom stereocenters. The van der Waals surface area contributed by atoms with Crippen LogP contribution in [0, 0.1) is 34.4 Å². The number of ether oxygens (including phenoxy) is 3. The fraction of sp³-hybridized carbons (Fsp3) is 0.526. The molecule has 1 aliphatic heterocycles. The van der Waals surface area contributed by atoms with E-state index >= 15 is 0 Å². The van der Waals surface area contributed by atoms with Crippen molar-refractivity contribution in [3.05, 3.63) is 28.4 Å². The predicted octanol–water partition coefficient (Wildman–Crippen LogP) is 3.79. The summed E-state index contributed by atoms with van der Waals surface area (Å²) in [5.41, 5.74) is 0.143. The van der Waals surface area contributed by atoms with E-state index in [9.17, 15) is 44.8 Å². The lowest BCUT2D eigenvalue weighted by Crippen LogP contribution is -2.54. The lowest BCUT2D eigenvalue weighted by molar-refractivity contribution is -0.261. The summed E-state index contributed by atoms with van der Waals surface area (Å²) in [7, 11) is -6.65.